The zero-order valence-electron chi connectivity index (χ0n) is 11.2. The summed E-state index contributed by atoms with van der Waals surface area (Å²) in [5, 5.41) is 0. The Bertz CT molecular complexity index is 416. The van der Waals surface area contributed by atoms with E-state index >= 15 is 0 Å². The number of fused-ring (bicyclic) bond motifs is 1. The van der Waals surface area contributed by atoms with Crippen LogP contribution in [0.2, 0.25) is 0 Å². The summed E-state index contributed by atoms with van der Waals surface area (Å²) in [6.45, 7) is 3.20. The van der Waals surface area contributed by atoms with Gasteiger partial charge in [-0.15, -0.1) is 0 Å². The lowest BCUT2D eigenvalue weighted by atomic mass is 9.92. The van der Waals surface area contributed by atoms with Crippen LogP contribution in [0.1, 0.15) is 50.6 Å². The second-order valence-electron chi connectivity index (χ2n) is 5.83. The number of hydrogen-bond acceptors (Lipinski definition) is 3. The quantitative estimate of drug-likeness (QED) is 0.871. The van der Waals surface area contributed by atoms with Gasteiger partial charge in [0.1, 0.15) is 5.82 Å². The summed E-state index contributed by atoms with van der Waals surface area (Å²) < 4.78 is 0. The number of aromatic nitrogens is 1. The summed E-state index contributed by atoms with van der Waals surface area (Å²) in [4.78, 5) is 7.11. The standard InChI is InChI=1S/C15H23N3/c1-11(16)13-7-8-17-15(10-13)18-9-3-5-12-4-2-6-14(12)18/h7-8,10-12,14H,2-6,9,16H2,1H3. The molecule has 0 amide bonds. The molecule has 1 saturated heterocycles. The fourth-order valence-electron chi connectivity index (χ4n) is 3.61. The highest BCUT2D eigenvalue weighted by Crippen LogP contribution is 2.38. The number of hydrogen-bond donors (Lipinski definition) is 1. The largest absolute Gasteiger partial charge is 0.353 e. The van der Waals surface area contributed by atoms with Crippen molar-refractivity contribution in [1.29, 1.82) is 0 Å². The zero-order chi connectivity index (χ0) is 12.5. The van der Waals surface area contributed by atoms with Gasteiger partial charge >= 0.3 is 0 Å². The average molecular weight is 245 g/mol. The Balaban J connectivity index is 1.86. The van der Waals surface area contributed by atoms with Crippen LogP contribution in [0.15, 0.2) is 18.3 Å². The molecule has 98 valence electrons. The first-order valence-corrected chi connectivity index (χ1v) is 7.24. The van der Waals surface area contributed by atoms with Crippen LogP contribution in [-0.2, 0) is 0 Å². The Labute approximate surface area is 109 Å². The van der Waals surface area contributed by atoms with E-state index in [1.54, 1.807) is 0 Å². The van der Waals surface area contributed by atoms with Crippen molar-refractivity contribution in [2.45, 2.75) is 51.1 Å². The van der Waals surface area contributed by atoms with Gasteiger partial charge in [0.25, 0.3) is 0 Å². The topological polar surface area (TPSA) is 42.1 Å². The lowest BCUT2D eigenvalue weighted by molar-refractivity contribution is 0.360. The Hall–Kier alpha value is -1.09. The Morgan fingerprint density at radius 1 is 1.33 bits per heavy atom. The van der Waals surface area contributed by atoms with E-state index < -0.39 is 0 Å². The molecule has 1 aromatic heterocycles. The second kappa shape index (κ2) is 4.88. The number of nitrogens with two attached hydrogens (primary N) is 1. The zero-order valence-corrected chi connectivity index (χ0v) is 11.2. The number of anilines is 1. The van der Waals surface area contributed by atoms with E-state index in [4.69, 9.17) is 5.73 Å². The lowest BCUT2D eigenvalue weighted by Crippen LogP contribution is -2.43. The molecule has 0 bridgehead atoms. The van der Waals surface area contributed by atoms with Crippen molar-refractivity contribution in [3.05, 3.63) is 23.9 Å². The van der Waals surface area contributed by atoms with Gasteiger partial charge < -0.3 is 10.6 Å². The molecule has 1 aromatic rings. The van der Waals surface area contributed by atoms with Crippen molar-refractivity contribution < 1.29 is 0 Å². The van der Waals surface area contributed by atoms with E-state index in [9.17, 15) is 0 Å². The second-order valence-corrected chi connectivity index (χ2v) is 5.83. The first-order chi connectivity index (χ1) is 8.75. The molecule has 3 rings (SSSR count). The van der Waals surface area contributed by atoms with Gasteiger partial charge in [-0.25, -0.2) is 4.98 Å². The SMILES string of the molecule is CC(N)c1ccnc(N2CCCC3CCCC32)c1. The van der Waals surface area contributed by atoms with E-state index in [-0.39, 0.29) is 6.04 Å². The van der Waals surface area contributed by atoms with Crippen molar-refractivity contribution in [3.8, 4) is 0 Å². The van der Waals surface area contributed by atoms with E-state index in [1.165, 1.54) is 37.7 Å². The van der Waals surface area contributed by atoms with Crippen LogP contribution < -0.4 is 10.6 Å². The summed E-state index contributed by atoms with van der Waals surface area (Å²) in [6, 6.07) is 5.04. The molecule has 2 aliphatic rings. The molecule has 0 spiro atoms. The van der Waals surface area contributed by atoms with Crippen molar-refractivity contribution in [1.82, 2.24) is 4.98 Å². The molecule has 3 nitrogen and oxygen atoms in total. The van der Waals surface area contributed by atoms with Crippen molar-refractivity contribution >= 4 is 5.82 Å². The number of nitrogens with zero attached hydrogens (tertiary/aromatic N) is 2. The molecule has 3 heteroatoms. The molecular weight excluding hydrogens is 222 g/mol. The third-order valence-corrected chi connectivity index (χ3v) is 4.58. The fraction of sp³-hybridized carbons (Fsp3) is 0.667. The summed E-state index contributed by atoms with van der Waals surface area (Å²) in [5.41, 5.74) is 7.17. The molecule has 1 aliphatic carbocycles. The molecule has 0 radical (unpaired) electrons. The van der Waals surface area contributed by atoms with Crippen LogP contribution >= 0.6 is 0 Å². The maximum absolute atomic E-state index is 5.97. The minimum absolute atomic E-state index is 0.0934. The van der Waals surface area contributed by atoms with Gasteiger partial charge in [0.2, 0.25) is 0 Å². The van der Waals surface area contributed by atoms with Crippen LogP contribution in [-0.4, -0.2) is 17.6 Å². The number of rotatable bonds is 2. The highest BCUT2D eigenvalue weighted by atomic mass is 15.2. The molecule has 2 N–H and O–H groups in total. The van der Waals surface area contributed by atoms with Crippen LogP contribution in [0.25, 0.3) is 0 Å². The van der Waals surface area contributed by atoms with E-state index in [0.717, 1.165) is 24.3 Å². The third-order valence-electron chi connectivity index (χ3n) is 4.58. The number of pyridine rings is 1. The molecular formula is C15H23N3. The third kappa shape index (κ3) is 2.12. The fourth-order valence-corrected chi connectivity index (χ4v) is 3.61. The van der Waals surface area contributed by atoms with Gasteiger partial charge in [0, 0.05) is 24.8 Å². The van der Waals surface area contributed by atoms with Crippen LogP contribution in [0.4, 0.5) is 5.82 Å². The summed E-state index contributed by atoms with van der Waals surface area (Å²) in [6.07, 6.45) is 8.77. The average Bonchev–Trinajstić information content (AvgIpc) is 2.87. The maximum atomic E-state index is 5.97. The minimum atomic E-state index is 0.0934. The highest BCUT2D eigenvalue weighted by molar-refractivity contribution is 5.44. The normalized spacial score (nSPS) is 29.1. The molecule has 18 heavy (non-hydrogen) atoms. The maximum Gasteiger partial charge on any atom is 0.129 e. The molecule has 0 aromatic carbocycles. The van der Waals surface area contributed by atoms with Gasteiger partial charge in [-0.3, -0.25) is 0 Å². The van der Waals surface area contributed by atoms with E-state index in [1.807, 2.05) is 19.2 Å². The van der Waals surface area contributed by atoms with Crippen molar-refractivity contribution in [3.63, 3.8) is 0 Å². The summed E-state index contributed by atoms with van der Waals surface area (Å²) in [7, 11) is 0. The minimum Gasteiger partial charge on any atom is -0.353 e. The molecule has 3 unspecified atom stereocenters. The first kappa shape index (κ1) is 12.0. The lowest BCUT2D eigenvalue weighted by Gasteiger charge is -2.38. The molecule has 1 saturated carbocycles. The van der Waals surface area contributed by atoms with Gasteiger partial charge in [0.05, 0.1) is 0 Å². The van der Waals surface area contributed by atoms with E-state index in [0.29, 0.717) is 0 Å². The highest BCUT2D eigenvalue weighted by Gasteiger charge is 2.35. The summed E-state index contributed by atoms with van der Waals surface area (Å²) >= 11 is 0. The van der Waals surface area contributed by atoms with Crippen LogP contribution in [0.5, 0.6) is 0 Å². The van der Waals surface area contributed by atoms with Crippen LogP contribution in [0.3, 0.4) is 0 Å². The molecule has 2 heterocycles. The van der Waals surface area contributed by atoms with Crippen molar-refractivity contribution in [2.24, 2.45) is 11.7 Å². The van der Waals surface area contributed by atoms with Crippen molar-refractivity contribution in [2.75, 3.05) is 11.4 Å². The number of piperidine rings is 1. The Kier molecular flexibility index (Phi) is 3.25. The molecule has 1 aliphatic heterocycles. The van der Waals surface area contributed by atoms with Crippen LogP contribution in [0, 0.1) is 5.92 Å². The van der Waals surface area contributed by atoms with Gasteiger partial charge in [0.15, 0.2) is 0 Å². The molecule has 2 fully saturated rings. The monoisotopic (exact) mass is 245 g/mol. The molecule has 3 atom stereocenters. The van der Waals surface area contributed by atoms with Gasteiger partial charge in [-0.2, -0.15) is 0 Å². The Morgan fingerprint density at radius 2 is 2.17 bits per heavy atom. The Morgan fingerprint density at radius 3 is 3.00 bits per heavy atom. The predicted octanol–water partition coefficient (Wildman–Crippen LogP) is 2.87. The van der Waals surface area contributed by atoms with Gasteiger partial charge in [-0.1, -0.05) is 6.42 Å². The summed E-state index contributed by atoms with van der Waals surface area (Å²) in [5.74, 6) is 2.04. The van der Waals surface area contributed by atoms with Gasteiger partial charge in [-0.05, 0) is 56.2 Å². The smallest absolute Gasteiger partial charge is 0.129 e. The van der Waals surface area contributed by atoms with E-state index in [2.05, 4.69) is 16.0 Å². The predicted molar refractivity (Wildman–Crippen MR) is 74.5 cm³/mol. The first-order valence-electron chi connectivity index (χ1n) is 7.24.